The van der Waals surface area contributed by atoms with Crippen molar-refractivity contribution in [3.05, 3.63) is 29.3 Å². The topological polar surface area (TPSA) is 29.5 Å². The van der Waals surface area contributed by atoms with Gasteiger partial charge in [-0.25, -0.2) is 0 Å². The SMILES string of the molecule is COc1ccc(C(C)C)cc1C(C)O. The molecule has 0 heterocycles. The lowest BCUT2D eigenvalue weighted by molar-refractivity contribution is 0.194. The zero-order chi connectivity index (χ0) is 10.7. The minimum Gasteiger partial charge on any atom is -0.496 e. The molecule has 0 aliphatic rings. The smallest absolute Gasteiger partial charge is 0.124 e. The fourth-order valence-corrected chi connectivity index (χ4v) is 1.44. The summed E-state index contributed by atoms with van der Waals surface area (Å²) < 4.78 is 5.18. The van der Waals surface area contributed by atoms with Crippen LogP contribution in [0.5, 0.6) is 5.75 Å². The third kappa shape index (κ3) is 2.26. The molecule has 0 aromatic heterocycles. The fraction of sp³-hybridized carbons (Fsp3) is 0.500. The van der Waals surface area contributed by atoms with Crippen LogP contribution in [0.1, 0.15) is 43.9 Å². The minimum atomic E-state index is -0.483. The summed E-state index contributed by atoms with van der Waals surface area (Å²) in [6.45, 7) is 6.02. The van der Waals surface area contributed by atoms with E-state index in [1.165, 1.54) is 5.56 Å². The lowest BCUT2D eigenvalue weighted by atomic mass is 9.98. The maximum atomic E-state index is 9.56. The van der Waals surface area contributed by atoms with Crippen molar-refractivity contribution >= 4 is 0 Å². The molecule has 1 unspecified atom stereocenters. The molecule has 0 saturated heterocycles. The van der Waals surface area contributed by atoms with Crippen LogP contribution in [-0.2, 0) is 0 Å². The molecule has 1 aromatic rings. The fourth-order valence-electron chi connectivity index (χ4n) is 1.44. The molecule has 14 heavy (non-hydrogen) atoms. The third-order valence-electron chi connectivity index (χ3n) is 2.37. The highest BCUT2D eigenvalue weighted by molar-refractivity contribution is 5.39. The van der Waals surface area contributed by atoms with Crippen LogP contribution in [0.2, 0.25) is 0 Å². The van der Waals surface area contributed by atoms with E-state index < -0.39 is 6.10 Å². The van der Waals surface area contributed by atoms with E-state index in [0.717, 1.165) is 11.3 Å². The van der Waals surface area contributed by atoms with Crippen molar-refractivity contribution in [1.82, 2.24) is 0 Å². The van der Waals surface area contributed by atoms with E-state index in [1.54, 1.807) is 14.0 Å². The van der Waals surface area contributed by atoms with Crippen LogP contribution in [0.4, 0.5) is 0 Å². The van der Waals surface area contributed by atoms with Crippen molar-refractivity contribution in [2.45, 2.75) is 32.8 Å². The lowest BCUT2D eigenvalue weighted by Crippen LogP contribution is -1.99. The number of aliphatic hydroxyl groups excluding tert-OH is 1. The van der Waals surface area contributed by atoms with E-state index in [0.29, 0.717) is 5.92 Å². The maximum Gasteiger partial charge on any atom is 0.124 e. The first-order chi connectivity index (χ1) is 6.56. The molecule has 2 nitrogen and oxygen atoms in total. The highest BCUT2D eigenvalue weighted by Gasteiger charge is 2.10. The predicted molar refractivity (Wildman–Crippen MR) is 57.7 cm³/mol. The molecule has 0 amide bonds. The van der Waals surface area contributed by atoms with Gasteiger partial charge >= 0.3 is 0 Å². The standard InChI is InChI=1S/C12H18O2/c1-8(2)10-5-6-12(14-4)11(7-10)9(3)13/h5-9,13H,1-4H3. The molecule has 1 N–H and O–H groups in total. The van der Waals surface area contributed by atoms with Gasteiger partial charge < -0.3 is 9.84 Å². The molecule has 0 aliphatic heterocycles. The third-order valence-corrected chi connectivity index (χ3v) is 2.37. The van der Waals surface area contributed by atoms with E-state index in [9.17, 15) is 5.11 Å². The molecule has 0 bridgehead atoms. The molecule has 0 spiro atoms. The normalized spacial score (nSPS) is 13.0. The van der Waals surface area contributed by atoms with E-state index >= 15 is 0 Å². The van der Waals surface area contributed by atoms with Gasteiger partial charge in [0.15, 0.2) is 0 Å². The molecule has 0 aliphatic carbocycles. The van der Waals surface area contributed by atoms with Gasteiger partial charge in [-0.2, -0.15) is 0 Å². The first-order valence-corrected chi connectivity index (χ1v) is 4.92. The van der Waals surface area contributed by atoms with Crippen LogP contribution in [0.15, 0.2) is 18.2 Å². The largest absolute Gasteiger partial charge is 0.496 e. The highest BCUT2D eigenvalue weighted by atomic mass is 16.5. The van der Waals surface area contributed by atoms with Crippen LogP contribution in [0.25, 0.3) is 0 Å². The molecular weight excluding hydrogens is 176 g/mol. The van der Waals surface area contributed by atoms with Crippen molar-refractivity contribution in [2.75, 3.05) is 7.11 Å². The Balaban J connectivity index is 3.14. The summed E-state index contributed by atoms with van der Waals surface area (Å²) in [4.78, 5) is 0. The number of aliphatic hydroxyl groups is 1. The van der Waals surface area contributed by atoms with Crippen LogP contribution >= 0.6 is 0 Å². The maximum absolute atomic E-state index is 9.56. The van der Waals surface area contributed by atoms with Crippen LogP contribution < -0.4 is 4.74 Å². The number of rotatable bonds is 3. The van der Waals surface area contributed by atoms with Gasteiger partial charge in [0.1, 0.15) is 5.75 Å². The number of ether oxygens (including phenoxy) is 1. The summed E-state index contributed by atoms with van der Waals surface area (Å²) in [5, 5.41) is 9.56. The average molecular weight is 194 g/mol. The van der Waals surface area contributed by atoms with E-state index in [4.69, 9.17) is 4.74 Å². The van der Waals surface area contributed by atoms with Gasteiger partial charge in [-0.05, 0) is 30.5 Å². The Morgan fingerprint density at radius 3 is 2.29 bits per heavy atom. The van der Waals surface area contributed by atoms with Gasteiger partial charge in [-0.3, -0.25) is 0 Å². The summed E-state index contributed by atoms with van der Waals surface area (Å²) in [7, 11) is 1.62. The van der Waals surface area contributed by atoms with Crippen molar-refractivity contribution < 1.29 is 9.84 Å². The molecule has 78 valence electrons. The first kappa shape index (κ1) is 11.1. The van der Waals surface area contributed by atoms with Crippen molar-refractivity contribution in [3.8, 4) is 5.75 Å². The van der Waals surface area contributed by atoms with Crippen molar-refractivity contribution in [2.24, 2.45) is 0 Å². The quantitative estimate of drug-likeness (QED) is 0.801. The zero-order valence-corrected chi connectivity index (χ0v) is 9.24. The number of benzene rings is 1. The predicted octanol–water partition coefficient (Wildman–Crippen LogP) is 2.87. The molecule has 0 saturated carbocycles. The average Bonchev–Trinajstić information content (AvgIpc) is 2.16. The Hall–Kier alpha value is -1.02. The summed E-state index contributed by atoms with van der Waals surface area (Å²) in [6, 6.07) is 5.96. The summed E-state index contributed by atoms with van der Waals surface area (Å²) in [6.07, 6.45) is -0.483. The van der Waals surface area contributed by atoms with Gasteiger partial charge in [0.2, 0.25) is 0 Å². The summed E-state index contributed by atoms with van der Waals surface area (Å²) >= 11 is 0. The first-order valence-electron chi connectivity index (χ1n) is 4.92. The second-order valence-corrected chi connectivity index (χ2v) is 3.83. The Bertz CT molecular complexity index is 303. The Labute approximate surface area is 85.5 Å². The van der Waals surface area contributed by atoms with E-state index in [2.05, 4.69) is 13.8 Å². The Morgan fingerprint density at radius 2 is 1.86 bits per heavy atom. The lowest BCUT2D eigenvalue weighted by Gasteiger charge is -2.14. The van der Waals surface area contributed by atoms with Crippen LogP contribution in [-0.4, -0.2) is 12.2 Å². The Kier molecular flexibility index (Phi) is 3.53. The highest BCUT2D eigenvalue weighted by Crippen LogP contribution is 2.28. The van der Waals surface area contributed by atoms with Gasteiger partial charge in [-0.1, -0.05) is 19.9 Å². The summed E-state index contributed by atoms with van der Waals surface area (Å²) in [5.41, 5.74) is 2.08. The van der Waals surface area contributed by atoms with Gasteiger partial charge in [0, 0.05) is 5.56 Å². The molecule has 1 aromatic carbocycles. The second-order valence-electron chi connectivity index (χ2n) is 3.83. The molecule has 1 rings (SSSR count). The molecular formula is C12H18O2. The van der Waals surface area contributed by atoms with Crippen LogP contribution in [0.3, 0.4) is 0 Å². The van der Waals surface area contributed by atoms with E-state index in [-0.39, 0.29) is 0 Å². The monoisotopic (exact) mass is 194 g/mol. The number of methoxy groups -OCH3 is 1. The van der Waals surface area contributed by atoms with Crippen LogP contribution in [0, 0.1) is 0 Å². The van der Waals surface area contributed by atoms with Crippen molar-refractivity contribution in [1.29, 1.82) is 0 Å². The molecule has 0 radical (unpaired) electrons. The molecule has 1 atom stereocenters. The molecule has 2 heteroatoms. The number of hydrogen-bond donors (Lipinski definition) is 1. The van der Waals surface area contributed by atoms with E-state index in [1.807, 2.05) is 18.2 Å². The van der Waals surface area contributed by atoms with Gasteiger partial charge in [0.25, 0.3) is 0 Å². The minimum absolute atomic E-state index is 0.471. The van der Waals surface area contributed by atoms with Crippen molar-refractivity contribution in [3.63, 3.8) is 0 Å². The summed E-state index contributed by atoms with van der Waals surface area (Å²) in [5.74, 6) is 1.22. The Morgan fingerprint density at radius 1 is 1.21 bits per heavy atom. The van der Waals surface area contributed by atoms with Gasteiger partial charge in [-0.15, -0.1) is 0 Å². The molecule has 0 fully saturated rings. The zero-order valence-electron chi connectivity index (χ0n) is 9.24. The second kappa shape index (κ2) is 4.47. The number of hydrogen-bond acceptors (Lipinski definition) is 2. The van der Waals surface area contributed by atoms with Gasteiger partial charge in [0.05, 0.1) is 13.2 Å².